The van der Waals surface area contributed by atoms with Crippen LogP contribution in [0.1, 0.15) is 97.3 Å². The van der Waals surface area contributed by atoms with Crippen LogP contribution < -0.4 is 0 Å². The molecule has 0 spiro atoms. The molecule has 1 aliphatic heterocycles. The molecule has 0 aromatic carbocycles. The summed E-state index contributed by atoms with van der Waals surface area (Å²) in [7, 11) is 0. The van der Waals surface area contributed by atoms with Gasteiger partial charge in [0.15, 0.2) is 0 Å². The van der Waals surface area contributed by atoms with Crippen LogP contribution in [-0.4, -0.2) is 36.5 Å². The van der Waals surface area contributed by atoms with Crippen molar-refractivity contribution in [2.75, 3.05) is 19.7 Å². The second kappa shape index (κ2) is 14.1. The Bertz CT molecular complexity index is 370. The van der Waals surface area contributed by atoms with Crippen LogP contribution >= 0.6 is 0 Å². The predicted octanol–water partition coefficient (Wildman–Crippen LogP) is 5.10. The molecule has 1 atom stereocenters. The first-order chi connectivity index (χ1) is 12.2. The fourth-order valence-electron chi connectivity index (χ4n) is 3.40. The van der Waals surface area contributed by atoms with Gasteiger partial charge in [0, 0.05) is 19.5 Å². The van der Waals surface area contributed by atoms with Gasteiger partial charge in [0.2, 0.25) is 5.91 Å². The smallest absolute Gasteiger partial charge is 0.311 e. The number of rotatable bonds is 15. The Morgan fingerprint density at radius 1 is 0.920 bits per heavy atom. The zero-order chi connectivity index (χ0) is 18.3. The van der Waals surface area contributed by atoms with Gasteiger partial charge in [-0.25, -0.2) is 0 Å². The van der Waals surface area contributed by atoms with E-state index in [1.807, 2.05) is 4.90 Å². The average Bonchev–Trinajstić information content (AvgIpc) is 2.98. The van der Waals surface area contributed by atoms with Gasteiger partial charge in [0.05, 0.1) is 12.5 Å². The first-order valence-corrected chi connectivity index (χ1v) is 10.6. The summed E-state index contributed by atoms with van der Waals surface area (Å²) in [5.41, 5.74) is 0. The molecule has 25 heavy (non-hydrogen) atoms. The van der Waals surface area contributed by atoms with Crippen molar-refractivity contribution >= 4 is 11.9 Å². The van der Waals surface area contributed by atoms with Crippen LogP contribution in [0.3, 0.4) is 0 Å². The lowest BCUT2D eigenvalue weighted by Crippen LogP contribution is -2.27. The fraction of sp³-hybridized carbons (Fsp3) is 0.905. The number of ether oxygens (including phenoxy) is 1. The van der Waals surface area contributed by atoms with Gasteiger partial charge in [0.1, 0.15) is 0 Å². The number of amides is 1. The van der Waals surface area contributed by atoms with Gasteiger partial charge in [-0.3, -0.25) is 9.59 Å². The number of nitrogens with zero attached hydrogens (tertiary/aromatic N) is 1. The lowest BCUT2D eigenvalue weighted by molar-refractivity contribution is -0.148. The lowest BCUT2D eigenvalue weighted by atomic mass is 10.1. The molecule has 1 fully saturated rings. The molecular formula is C21H39NO3. The van der Waals surface area contributed by atoms with E-state index in [0.717, 1.165) is 25.8 Å². The standard InChI is InChI=1S/C21H39NO3/c1-3-5-7-9-10-11-12-13-15-22-18-19(17-20(22)23)21(24)25-16-14-8-6-4-2/h19H,3-18H2,1-2H3. The minimum absolute atomic E-state index is 0.121. The highest BCUT2D eigenvalue weighted by Crippen LogP contribution is 2.20. The molecule has 0 aromatic heterocycles. The molecule has 146 valence electrons. The lowest BCUT2D eigenvalue weighted by Gasteiger charge is -2.16. The summed E-state index contributed by atoms with van der Waals surface area (Å²) < 4.78 is 5.34. The Labute approximate surface area is 154 Å². The number of hydrogen-bond acceptors (Lipinski definition) is 3. The van der Waals surface area contributed by atoms with E-state index >= 15 is 0 Å². The molecule has 0 radical (unpaired) electrons. The summed E-state index contributed by atoms with van der Waals surface area (Å²) in [5.74, 6) is -0.299. The molecule has 1 rings (SSSR count). The summed E-state index contributed by atoms with van der Waals surface area (Å²) in [4.78, 5) is 26.0. The van der Waals surface area contributed by atoms with E-state index in [2.05, 4.69) is 13.8 Å². The number of hydrogen-bond donors (Lipinski definition) is 0. The second-order valence-electron chi connectivity index (χ2n) is 7.44. The summed E-state index contributed by atoms with van der Waals surface area (Å²) in [6.45, 7) is 6.26. The van der Waals surface area contributed by atoms with Crippen LogP contribution in [-0.2, 0) is 14.3 Å². The molecule has 1 aliphatic rings. The van der Waals surface area contributed by atoms with Gasteiger partial charge in [0.25, 0.3) is 0 Å². The van der Waals surface area contributed by atoms with Crippen LogP contribution in [0.25, 0.3) is 0 Å². The summed E-state index contributed by atoms with van der Waals surface area (Å²) >= 11 is 0. The zero-order valence-corrected chi connectivity index (χ0v) is 16.6. The third kappa shape index (κ3) is 9.86. The van der Waals surface area contributed by atoms with E-state index in [-0.39, 0.29) is 17.8 Å². The third-order valence-corrected chi connectivity index (χ3v) is 5.07. The van der Waals surface area contributed by atoms with E-state index in [9.17, 15) is 9.59 Å². The molecule has 1 heterocycles. The van der Waals surface area contributed by atoms with Crippen molar-refractivity contribution in [1.82, 2.24) is 4.90 Å². The van der Waals surface area contributed by atoms with Crippen LogP contribution in [0.5, 0.6) is 0 Å². The Morgan fingerprint density at radius 2 is 1.48 bits per heavy atom. The number of carbonyl (C=O) groups excluding carboxylic acids is 2. The van der Waals surface area contributed by atoms with Gasteiger partial charge >= 0.3 is 5.97 Å². The molecule has 0 aliphatic carbocycles. The topological polar surface area (TPSA) is 46.6 Å². The quantitative estimate of drug-likeness (QED) is 0.304. The maximum atomic E-state index is 12.1. The molecule has 1 unspecified atom stereocenters. The normalized spacial score (nSPS) is 17.3. The predicted molar refractivity (Wildman–Crippen MR) is 102 cm³/mol. The second-order valence-corrected chi connectivity index (χ2v) is 7.44. The van der Waals surface area contributed by atoms with Gasteiger partial charge in [-0.15, -0.1) is 0 Å². The van der Waals surface area contributed by atoms with Crippen molar-refractivity contribution in [3.63, 3.8) is 0 Å². The van der Waals surface area contributed by atoms with E-state index in [1.165, 1.54) is 57.8 Å². The van der Waals surface area contributed by atoms with Crippen molar-refractivity contribution in [3.05, 3.63) is 0 Å². The summed E-state index contributed by atoms with van der Waals surface area (Å²) in [6, 6.07) is 0. The monoisotopic (exact) mass is 353 g/mol. The van der Waals surface area contributed by atoms with Crippen LogP contribution in [0.4, 0.5) is 0 Å². The van der Waals surface area contributed by atoms with Crippen molar-refractivity contribution in [2.24, 2.45) is 5.92 Å². The molecule has 4 nitrogen and oxygen atoms in total. The molecule has 0 bridgehead atoms. The van der Waals surface area contributed by atoms with Crippen molar-refractivity contribution in [3.8, 4) is 0 Å². The SMILES string of the molecule is CCCCCCCCCCN1CC(C(=O)OCCCCCC)CC1=O. The van der Waals surface area contributed by atoms with E-state index in [0.29, 0.717) is 19.6 Å². The highest BCUT2D eigenvalue weighted by atomic mass is 16.5. The highest BCUT2D eigenvalue weighted by molar-refractivity contribution is 5.86. The first kappa shape index (κ1) is 22.0. The first-order valence-electron chi connectivity index (χ1n) is 10.6. The highest BCUT2D eigenvalue weighted by Gasteiger charge is 2.34. The minimum atomic E-state index is -0.243. The maximum Gasteiger partial charge on any atom is 0.311 e. The van der Waals surface area contributed by atoms with E-state index < -0.39 is 0 Å². The van der Waals surface area contributed by atoms with Crippen LogP contribution in [0.15, 0.2) is 0 Å². The fourth-order valence-corrected chi connectivity index (χ4v) is 3.40. The van der Waals surface area contributed by atoms with E-state index in [4.69, 9.17) is 4.74 Å². The molecule has 0 aromatic rings. The van der Waals surface area contributed by atoms with Gasteiger partial charge in [-0.05, 0) is 12.8 Å². The third-order valence-electron chi connectivity index (χ3n) is 5.07. The number of likely N-dealkylation sites (tertiary alicyclic amines) is 1. The largest absolute Gasteiger partial charge is 0.465 e. The molecule has 0 N–H and O–H groups in total. The Kier molecular flexibility index (Phi) is 12.4. The number of carbonyl (C=O) groups is 2. The zero-order valence-electron chi connectivity index (χ0n) is 16.6. The van der Waals surface area contributed by atoms with Gasteiger partial charge in [-0.1, -0.05) is 78.1 Å². The summed E-state index contributed by atoms with van der Waals surface area (Å²) in [6.07, 6.45) is 14.9. The van der Waals surface area contributed by atoms with Crippen LogP contribution in [0.2, 0.25) is 0 Å². The molecule has 1 amide bonds. The minimum Gasteiger partial charge on any atom is -0.465 e. The van der Waals surface area contributed by atoms with Crippen molar-refractivity contribution in [1.29, 1.82) is 0 Å². The number of esters is 1. The Morgan fingerprint density at radius 3 is 2.12 bits per heavy atom. The van der Waals surface area contributed by atoms with Crippen LogP contribution in [0, 0.1) is 5.92 Å². The maximum absolute atomic E-state index is 12.1. The molecule has 1 saturated heterocycles. The number of unbranched alkanes of at least 4 members (excludes halogenated alkanes) is 10. The molecule has 0 saturated carbocycles. The van der Waals surface area contributed by atoms with E-state index in [1.54, 1.807) is 0 Å². The van der Waals surface area contributed by atoms with Gasteiger partial charge < -0.3 is 9.64 Å². The van der Waals surface area contributed by atoms with Crippen molar-refractivity contribution < 1.29 is 14.3 Å². The molecule has 4 heteroatoms. The average molecular weight is 354 g/mol. The van der Waals surface area contributed by atoms with Gasteiger partial charge in [-0.2, -0.15) is 0 Å². The Hall–Kier alpha value is -1.06. The summed E-state index contributed by atoms with van der Waals surface area (Å²) in [5, 5.41) is 0. The Balaban J connectivity index is 2.07. The van der Waals surface area contributed by atoms with Crippen molar-refractivity contribution in [2.45, 2.75) is 97.3 Å². The molecular weight excluding hydrogens is 314 g/mol.